The van der Waals surface area contributed by atoms with Crippen LogP contribution in [0.25, 0.3) is 10.9 Å². The maximum Gasteiger partial charge on any atom is 0.126 e. The first kappa shape index (κ1) is 9.77. The van der Waals surface area contributed by atoms with Crippen LogP contribution in [0.5, 0.6) is 0 Å². The SMILES string of the molecule is CNc1ccc2ccc(N(C)C)cc2n1. The number of hydrogen-bond acceptors (Lipinski definition) is 3. The van der Waals surface area contributed by atoms with Crippen molar-refractivity contribution < 1.29 is 0 Å². The zero-order valence-corrected chi connectivity index (χ0v) is 9.28. The van der Waals surface area contributed by atoms with Crippen LogP contribution in [-0.4, -0.2) is 26.1 Å². The minimum absolute atomic E-state index is 0.901. The summed E-state index contributed by atoms with van der Waals surface area (Å²) in [7, 11) is 5.94. The van der Waals surface area contributed by atoms with Gasteiger partial charge in [0.15, 0.2) is 0 Å². The smallest absolute Gasteiger partial charge is 0.126 e. The summed E-state index contributed by atoms with van der Waals surface area (Å²) in [6.45, 7) is 0. The minimum atomic E-state index is 0.901. The lowest BCUT2D eigenvalue weighted by Gasteiger charge is -2.12. The third-order valence-corrected chi connectivity index (χ3v) is 2.45. The van der Waals surface area contributed by atoms with E-state index >= 15 is 0 Å². The molecule has 0 amide bonds. The fourth-order valence-corrected chi connectivity index (χ4v) is 1.52. The van der Waals surface area contributed by atoms with E-state index in [4.69, 9.17) is 0 Å². The Morgan fingerprint density at radius 2 is 1.87 bits per heavy atom. The molecular weight excluding hydrogens is 186 g/mol. The molecule has 3 heteroatoms. The van der Waals surface area contributed by atoms with Crippen LogP contribution in [0.15, 0.2) is 30.3 Å². The fraction of sp³-hybridized carbons (Fsp3) is 0.250. The Morgan fingerprint density at radius 1 is 1.13 bits per heavy atom. The third-order valence-electron chi connectivity index (χ3n) is 2.45. The molecule has 15 heavy (non-hydrogen) atoms. The number of aromatic nitrogens is 1. The van der Waals surface area contributed by atoms with Gasteiger partial charge in [-0.05, 0) is 24.3 Å². The van der Waals surface area contributed by atoms with E-state index in [1.54, 1.807) is 0 Å². The van der Waals surface area contributed by atoms with Crippen molar-refractivity contribution >= 4 is 22.4 Å². The van der Waals surface area contributed by atoms with E-state index in [9.17, 15) is 0 Å². The molecule has 1 heterocycles. The van der Waals surface area contributed by atoms with Gasteiger partial charge in [-0.25, -0.2) is 4.98 Å². The average molecular weight is 201 g/mol. The molecule has 1 aromatic heterocycles. The van der Waals surface area contributed by atoms with E-state index in [-0.39, 0.29) is 0 Å². The topological polar surface area (TPSA) is 28.2 Å². The van der Waals surface area contributed by atoms with E-state index < -0.39 is 0 Å². The molecule has 0 spiro atoms. The Hall–Kier alpha value is -1.77. The Kier molecular flexibility index (Phi) is 2.46. The van der Waals surface area contributed by atoms with Crippen molar-refractivity contribution in [2.45, 2.75) is 0 Å². The molecule has 0 saturated carbocycles. The van der Waals surface area contributed by atoms with Crippen LogP contribution < -0.4 is 10.2 Å². The Balaban J connectivity index is 2.57. The summed E-state index contributed by atoms with van der Waals surface area (Å²) in [4.78, 5) is 6.58. The molecule has 2 aromatic rings. The van der Waals surface area contributed by atoms with Crippen molar-refractivity contribution in [3.8, 4) is 0 Å². The van der Waals surface area contributed by atoms with Gasteiger partial charge in [-0.15, -0.1) is 0 Å². The van der Waals surface area contributed by atoms with Crippen LogP contribution in [-0.2, 0) is 0 Å². The molecular formula is C12H15N3. The Bertz CT molecular complexity index is 477. The molecule has 2 rings (SSSR count). The number of nitrogens with one attached hydrogen (secondary N) is 1. The second-order valence-corrected chi connectivity index (χ2v) is 3.72. The molecule has 0 fully saturated rings. The zero-order valence-electron chi connectivity index (χ0n) is 9.28. The van der Waals surface area contributed by atoms with Crippen LogP contribution in [0.3, 0.4) is 0 Å². The molecule has 0 aliphatic carbocycles. The molecule has 1 aromatic carbocycles. The Labute approximate surface area is 89.7 Å². The summed E-state index contributed by atoms with van der Waals surface area (Å²) < 4.78 is 0. The Morgan fingerprint density at radius 3 is 2.53 bits per heavy atom. The second-order valence-electron chi connectivity index (χ2n) is 3.72. The summed E-state index contributed by atoms with van der Waals surface area (Å²) in [6, 6.07) is 10.3. The van der Waals surface area contributed by atoms with Crippen LogP contribution in [0, 0.1) is 0 Å². The highest BCUT2D eigenvalue weighted by molar-refractivity contribution is 5.83. The molecule has 0 radical (unpaired) electrons. The predicted octanol–water partition coefficient (Wildman–Crippen LogP) is 2.34. The normalized spacial score (nSPS) is 10.3. The number of fused-ring (bicyclic) bond motifs is 1. The summed E-state index contributed by atoms with van der Waals surface area (Å²) >= 11 is 0. The lowest BCUT2D eigenvalue weighted by molar-refractivity contribution is 1.13. The predicted molar refractivity (Wildman–Crippen MR) is 65.6 cm³/mol. The third kappa shape index (κ3) is 1.86. The van der Waals surface area contributed by atoms with Crippen molar-refractivity contribution in [1.82, 2.24) is 4.98 Å². The molecule has 78 valence electrons. The van der Waals surface area contributed by atoms with Gasteiger partial charge in [0, 0.05) is 32.2 Å². The molecule has 1 N–H and O–H groups in total. The van der Waals surface area contributed by atoms with Gasteiger partial charge in [-0.1, -0.05) is 6.07 Å². The standard InChI is InChI=1S/C12H15N3/c1-13-12-7-5-9-4-6-10(15(2)3)8-11(9)14-12/h4-8H,1-3H3,(H,13,14). The monoisotopic (exact) mass is 201 g/mol. The van der Waals surface area contributed by atoms with Crippen molar-refractivity contribution in [2.24, 2.45) is 0 Å². The summed E-state index contributed by atoms with van der Waals surface area (Å²) in [5.41, 5.74) is 2.19. The lowest BCUT2D eigenvalue weighted by Crippen LogP contribution is -2.08. The van der Waals surface area contributed by atoms with Gasteiger partial charge in [0.25, 0.3) is 0 Å². The van der Waals surface area contributed by atoms with Crippen LogP contribution in [0.4, 0.5) is 11.5 Å². The van der Waals surface area contributed by atoms with E-state index in [1.807, 2.05) is 27.2 Å². The maximum atomic E-state index is 4.50. The first-order valence-electron chi connectivity index (χ1n) is 4.96. The van der Waals surface area contributed by atoms with Crippen molar-refractivity contribution in [3.63, 3.8) is 0 Å². The molecule has 3 nitrogen and oxygen atoms in total. The van der Waals surface area contributed by atoms with Gasteiger partial charge in [-0.3, -0.25) is 0 Å². The first-order valence-corrected chi connectivity index (χ1v) is 4.96. The molecule has 0 aliphatic heterocycles. The summed E-state index contributed by atoms with van der Waals surface area (Å²) in [5, 5.41) is 4.21. The number of nitrogens with zero attached hydrogens (tertiary/aromatic N) is 2. The average Bonchev–Trinajstić information content (AvgIpc) is 2.27. The largest absolute Gasteiger partial charge is 0.378 e. The highest BCUT2D eigenvalue weighted by Crippen LogP contribution is 2.20. The second kappa shape index (κ2) is 3.77. The van der Waals surface area contributed by atoms with Gasteiger partial charge in [0.2, 0.25) is 0 Å². The first-order chi connectivity index (χ1) is 7.20. The van der Waals surface area contributed by atoms with Gasteiger partial charge in [0.05, 0.1) is 5.52 Å². The summed E-state index contributed by atoms with van der Waals surface area (Å²) in [5.74, 6) is 0.901. The van der Waals surface area contributed by atoms with E-state index in [1.165, 1.54) is 11.1 Å². The van der Waals surface area contributed by atoms with Gasteiger partial charge >= 0.3 is 0 Å². The molecule has 0 aliphatic rings. The molecule has 0 saturated heterocycles. The minimum Gasteiger partial charge on any atom is -0.378 e. The highest BCUT2D eigenvalue weighted by atomic mass is 15.1. The number of pyridine rings is 1. The summed E-state index contributed by atoms with van der Waals surface area (Å²) in [6.07, 6.45) is 0. The van der Waals surface area contributed by atoms with Crippen molar-refractivity contribution in [2.75, 3.05) is 31.4 Å². The van der Waals surface area contributed by atoms with Gasteiger partial charge in [-0.2, -0.15) is 0 Å². The molecule has 0 bridgehead atoms. The number of hydrogen-bond donors (Lipinski definition) is 1. The fourth-order valence-electron chi connectivity index (χ4n) is 1.52. The van der Waals surface area contributed by atoms with E-state index in [0.717, 1.165) is 11.3 Å². The van der Waals surface area contributed by atoms with Crippen LogP contribution >= 0.6 is 0 Å². The number of anilines is 2. The van der Waals surface area contributed by atoms with Gasteiger partial charge in [0.1, 0.15) is 5.82 Å². The number of rotatable bonds is 2. The van der Waals surface area contributed by atoms with Crippen molar-refractivity contribution in [3.05, 3.63) is 30.3 Å². The maximum absolute atomic E-state index is 4.50. The zero-order chi connectivity index (χ0) is 10.8. The number of benzene rings is 1. The van der Waals surface area contributed by atoms with E-state index in [0.29, 0.717) is 0 Å². The molecule has 0 unspecified atom stereocenters. The van der Waals surface area contributed by atoms with Crippen LogP contribution in [0.2, 0.25) is 0 Å². The molecule has 0 atom stereocenters. The van der Waals surface area contributed by atoms with Crippen molar-refractivity contribution in [1.29, 1.82) is 0 Å². The van der Waals surface area contributed by atoms with Gasteiger partial charge < -0.3 is 10.2 Å². The quantitative estimate of drug-likeness (QED) is 0.808. The lowest BCUT2D eigenvalue weighted by atomic mass is 10.2. The van der Waals surface area contributed by atoms with E-state index in [2.05, 4.69) is 39.5 Å². The highest BCUT2D eigenvalue weighted by Gasteiger charge is 2.00. The van der Waals surface area contributed by atoms with Crippen LogP contribution in [0.1, 0.15) is 0 Å².